The van der Waals surface area contributed by atoms with Gasteiger partial charge in [0.1, 0.15) is 0 Å². The van der Waals surface area contributed by atoms with Crippen molar-refractivity contribution in [3.63, 3.8) is 0 Å². The quantitative estimate of drug-likeness (QED) is 0.434. The Balaban J connectivity index is -0.00000000533. The summed E-state index contributed by atoms with van der Waals surface area (Å²) in [6.45, 7) is 0. The zero-order valence-corrected chi connectivity index (χ0v) is 15.2. The van der Waals surface area contributed by atoms with Gasteiger partial charge in [0.15, 0.2) is 0 Å². The monoisotopic (exact) mass is 476 g/mol. The molecule has 0 nitrogen and oxygen atoms in total. The summed E-state index contributed by atoms with van der Waals surface area (Å²) in [5.41, 5.74) is 0. The summed E-state index contributed by atoms with van der Waals surface area (Å²) < 4.78 is 0. The molecule has 0 spiro atoms. The molecule has 0 fully saturated rings. The van der Waals surface area contributed by atoms with Gasteiger partial charge in [-0.3, -0.25) is 0 Å². The van der Waals surface area contributed by atoms with Gasteiger partial charge in [-0.05, 0) is 0 Å². The molecule has 0 saturated carbocycles. The van der Waals surface area contributed by atoms with Gasteiger partial charge in [-0.15, -0.1) is 74.4 Å². The van der Waals surface area contributed by atoms with E-state index in [-0.39, 0.29) is 74.4 Å². The Bertz CT molecular complexity index is 20.3. The van der Waals surface area contributed by atoms with Gasteiger partial charge in [-0.1, -0.05) is 0 Å². The summed E-state index contributed by atoms with van der Waals surface area (Å²) in [4.78, 5) is 0. The van der Waals surface area contributed by atoms with Crippen molar-refractivity contribution in [1.82, 2.24) is 0 Å². The van der Waals surface area contributed by atoms with Gasteiger partial charge >= 0.3 is 49.6 Å². The molecule has 11 heavy (non-hydrogen) atoms. The minimum absolute atomic E-state index is 0. The third-order valence-electron chi connectivity index (χ3n) is 0. The zero-order valence-electron chi connectivity index (χ0n) is 4.46. The molecule has 0 saturated heterocycles. The van der Waals surface area contributed by atoms with Crippen LogP contribution in [0.15, 0.2) is 0 Å². The topological polar surface area (TPSA) is 0 Å². The molecule has 0 aromatic heterocycles. The van der Waals surface area contributed by atoms with Crippen LogP contribution in [-0.4, -0.2) is 13.9 Å². The molecule has 0 aromatic carbocycles. The van der Waals surface area contributed by atoms with Crippen LogP contribution in [0.4, 0.5) is 0 Å². The molecule has 80 valence electrons. The molecule has 0 radical (unpaired) electrons. The van der Waals surface area contributed by atoms with E-state index in [9.17, 15) is 0 Å². The summed E-state index contributed by atoms with van der Waals surface area (Å²) in [5.74, 6) is 0. The Labute approximate surface area is 122 Å². The van der Waals surface area contributed by atoms with E-state index in [2.05, 4.69) is 0 Å². The van der Waals surface area contributed by atoms with Crippen LogP contribution in [0.3, 0.4) is 0 Å². The summed E-state index contributed by atoms with van der Waals surface area (Å²) in [6.07, 6.45) is 0. The van der Waals surface area contributed by atoms with E-state index in [1.165, 1.54) is 0 Å². The van der Waals surface area contributed by atoms with Crippen molar-refractivity contribution in [2.75, 3.05) is 0 Å². The molecule has 0 aromatic rings. The van der Waals surface area contributed by atoms with Gasteiger partial charge in [0, 0.05) is 0 Å². The van der Waals surface area contributed by atoms with Crippen LogP contribution in [0.25, 0.3) is 0 Å². The Hall–Kier alpha value is 3.70. The molecule has 0 bridgehead atoms. The summed E-state index contributed by atoms with van der Waals surface area (Å²) in [7, 11) is 20.1. The van der Waals surface area contributed by atoms with E-state index in [0.29, 0.717) is 0 Å². The van der Waals surface area contributed by atoms with Crippen molar-refractivity contribution in [3.05, 3.63) is 0 Å². The van der Waals surface area contributed by atoms with E-state index in [1.54, 1.807) is 0 Å². The fourth-order valence-electron chi connectivity index (χ4n) is 0. The predicted molar refractivity (Wildman–Crippen MR) is 72.7 cm³/mol. The van der Waals surface area contributed by atoms with Crippen molar-refractivity contribution >= 4 is 124 Å². The molecule has 0 aliphatic carbocycles. The Morgan fingerprint density at radius 1 is 0.455 bits per heavy atom. The van der Waals surface area contributed by atoms with Crippen molar-refractivity contribution in [2.45, 2.75) is 0 Å². The molecule has 0 aliphatic heterocycles. The van der Waals surface area contributed by atoms with Crippen LogP contribution in [0.1, 0.15) is 0 Å². The number of rotatable bonds is 0. The first kappa shape index (κ1) is 46.5. The van der Waals surface area contributed by atoms with Gasteiger partial charge < -0.3 is 0 Å². The van der Waals surface area contributed by atoms with Crippen molar-refractivity contribution in [1.29, 1.82) is 0 Å². The third kappa shape index (κ3) is 137. The first-order chi connectivity index (χ1) is 2.00. The summed E-state index contributed by atoms with van der Waals surface area (Å²) in [5, 5.41) is 0. The SMILES string of the molecule is Cl.Cl.Cl.Cl.Cl.Cl.[Cl][Sn]([Cl])([Cl])[Cl]. The third-order valence-corrected chi connectivity index (χ3v) is 0. The van der Waals surface area contributed by atoms with Gasteiger partial charge in [-0.2, -0.15) is 0 Å². The van der Waals surface area contributed by atoms with Crippen LogP contribution in [0.2, 0.25) is 0 Å². The van der Waals surface area contributed by atoms with Crippen molar-refractivity contribution in [3.8, 4) is 0 Å². The summed E-state index contributed by atoms with van der Waals surface area (Å²) >= 11 is -3.29. The molecule has 0 atom stereocenters. The van der Waals surface area contributed by atoms with Crippen molar-refractivity contribution < 1.29 is 0 Å². The molecular weight excluding hydrogens is 473 g/mol. The van der Waals surface area contributed by atoms with Crippen LogP contribution in [-0.2, 0) is 0 Å². The first-order valence-electron chi connectivity index (χ1n) is 0.756. The molecule has 0 heterocycles. The van der Waals surface area contributed by atoms with E-state index in [0.717, 1.165) is 0 Å². The average molecular weight is 479 g/mol. The Morgan fingerprint density at radius 2 is 0.455 bits per heavy atom. The fourth-order valence-corrected chi connectivity index (χ4v) is 0. The van der Waals surface area contributed by atoms with Crippen LogP contribution < -0.4 is 0 Å². The molecule has 0 rings (SSSR count). The second-order valence-corrected chi connectivity index (χ2v) is 25.9. The molecule has 0 unspecified atom stereocenters. The average Bonchev–Trinajstić information content (AvgIpc) is 0.722. The maximum absolute atomic E-state index is 5.04. The minimum atomic E-state index is -3.29. The molecule has 0 amide bonds. The zero-order chi connectivity index (χ0) is 4.50. The molecule has 11 heteroatoms. The first-order valence-corrected chi connectivity index (χ1v) is 15.2. The predicted octanol–water partition coefficient (Wildman–Crippen LogP) is 4.91. The van der Waals surface area contributed by atoms with E-state index in [4.69, 9.17) is 35.7 Å². The molecular formula is H6Cl10Sn. The molecule has 0 aliphatic rings. The fraction of sp³-hybridized carbons (Fsp3) is 0. The standard InChI is InChI=1S/10ClH.Sn/h10*1H;/q;;;;;;;;;;+4/p-4. The number of hydrogen-bond donors (Lipinski definition) is 0. The van der Waals surface area contributed by atoms with Gasteiger partial charge in [0.05, 0.1) is 0 Å². The summed E-state index contributed by atoms with van der Waals surface area (Å²) in [6, 6.07) is 0. The van der Waals surface area contributed by atoms with Gasteiger partial charge in [-0.25, -0.2) is 0 Å². The van der Waals surface area contributed by atoms with Gasteiger partial charge in [0.2, 0.25) is 0 Å². The second kappa shape index (κ2) is 23.5. The number of hydrogen-bond acceptors (Lipinski definition) is 0. The van der Waals surface area contributed by atoms with E-state index >= 15 is 0 Å². The van der Waals surface area contributed by atoms with Crippen LogP contribution in [0.5, 0.6) is 0 Å². The second-order valence-electron chi connectivity index (χ2n) is 0.429. The van der Waals surface area contributed by atoms with Crippen LogP contribution in [0, 0.1) is 0 Å². The van der Waals surface area contributed by atoms with E-state index in [1.807, 2.05) is 0 Å². The number of halogens is 10. The van der Waals surface area contributed by atoms with Crippen molar-refractivity contribution in [2.24, 2.45) is 0 Å². The normalized spacial score (nSPS) is 5.45. The Morgan fingerprint density at radius 3 is 0.455 bits per heavy atom. The molecule has 0 N–H and O–H groups in total. The Kier molecular flexibility index (Phi) is 99.4. The van der Waals surface area contributed by atoms with Gasteiger partial charge in [0.25, 0.3) is 0 Å². The van der Waals surface area contributed by atoms with Crippen LogP contribution >= 0.6 is 110 Å². The van der Waals surface area contributed by atoms with E-state index < -0.39 is 13.9 Å². The maximum atomic E-state index is 5.04.